The Morgan fingerprint density at radius 3 is 2.26 bits per heavy atom. The molecule has 23 heavy (non-hydrogen) atoms. The van der Waals surface area contributed by atoms with Crippen LogP contribution in [0.15, 0.2) is 0 Å². The van der Waals surface area contributed by atoms with Crippen molar-refractivity contribution in [3.05, 3.63) is 0 Å². The number of nitrogens with one attached hydrogen (secondary N) is 4. The Hall–Kier alpha value is -1.84. The smallest absolute Gasteiger partial charge is 0.312 e. The lowest BCUT2D eigenvalue weighted by molar-refractivity contribution is -0.128. The van der Waals surface area contributed by atoms with Crippen molar-refractivity contribution >= 4 is 43.0 Å². The first-order chi connectivity index (χ1) is 10.7. The van der Waals surface area contributed by atoms with Crippen LogP contribution in [-0.4, -0.2) is 49.4 Å². The largest absolute Gasteiger partial charge is 0.416 e. The third-order valence-electron chi connectivity index (χ3n) is 3.14. The average Bonchev–Trinajstić information content (AvgIpc) is 2.46. The molecule has 2 radical (unpaired) electrons. The Labute approximate surface area is 143 Å². The summed E-state index contributed by atoms with van der Waals surface area (Å²) in [6, 6.07) is -1.89. The van der Waals surface area contributed by atoms with E-state index in [0.717, 1.165) is 0 Å². The van der Waals surface area contributed by atoms with Gasteiger partial charge in [0, 0.05) is 6.54 Å². The van der Waals surface area contributed by atoms with Gasteiger partial charge in [0.1, 0.15) is 6.04 Å². The van der Waals surface area contributed by atoms with E-state index in [1.807, 2.05) is 13.8 Å². The number of nitrogens with two attached hydrogens (primary N) is 1. The highest BCUT2D eigenvalue weighted by atomic mass is 32.1. The molecule has 8 nitrogen and oxygen atoms in total. The number of primary amides is 1. The minimum atomic E-state index is -0.639. The number of Topliss-reactive ketones (excluding diaryl/α,β-unsaturated/α-hetero) is 1. The van der Waals surface area contributed by atoms with Crippen LogP contribution >= 0.6 is 12.2 Å². The van der Waals surface area contributed by atoms with Gasteiger partial charge in [-0.15, -0.1) is 0 Å². The van der Waals surface area contributed by atoms with E-state index in [0.29, 0.717) is 19.4 Å². The lowest BCUT2D eigenvalue weighted by atomic mass is 10.0. The molecule has 0 aromatic carbocycles. The SMILES string of the molecule is [B]NC(=S)N[C@H](C(=O)N[C@@H](CCCNC(N)=O)C(C)=O)C(C)C. The number of urea groups is 1. The molecule has 0 aliphatic heterocycles. The number of hydrogen-bond donors (Lipinski definition) is 5. The molecule has 0 unspecified atom stereocenters. The quantitative estimate of drug-likeness (QED) is 0.210. The monoisotopic (exact) mass is 341 g/mol. The molecule has 0 aliphatic carbocycles. The summed E-state index contributed by atoms with van der Waals surface area (Å²) < 4.78 is 0. The standard InChI is InChI=1S/C13H24BN5O3S/c1-7(2)10(18-13(23)19-14)11(21)17-9(8(3)20)5-4-6-16-12(15)22/h7,9-10H,4-6H2,1-3H3,(H,17,21)(H3,15,16,22)(H2,18,19,23)/t9-,10-/m0/s1. The van der Waals surface area contributed by atoms with Gasteiger partial charge in [0.2, 0.25) is 13.9 Å². The minimum Gasteiger partial charge on any atom is -0.416 e. The molecule has 2 atom stereocenters. The Bertz CT molecular complexity index is 447. The van der Waals surface area contributed by atoms with Crippen molar-refractivity contribution in [2.45, 2.75) is 45.7 Å². The number of hydrogen-bond acceptors (Lipinski definition) is 4. The van der Waals surface area contributed by atoms with Crippen molar-refractivity contribution in [3.8, 4) is 0 Å². The van der Waals surface area contributed by atoms with E-state index in [9.17, 15) is 14.4 Å². The second-order valence-electron chi connectivity index (χ2n) is 5.44. The van der Waals surface area contributed by atoms with Gasteiger partial charge in [-0.3, -0.25) is 9.59 Å². The van der Waals surface area contributed by atoms with E-state index in [1.165, 1.54) is 6.92 Å². The van der Waals surface area contributed by atoms with Crippen LogP contribution in [0, 0.1) is 5.92 Å². The summed E-state index contributed by atoms with van der Waals surface area (Å²) in [6.07, 6.45) is 0.905. The fraction of sp³-hybridized carbons (Fsp3) is 0.692. The number of thiocarbonyl (C=S) groups is 1. The highest BCUT2D eigenvalue weighted by Crippen LogP contribution is 2.05. The molecule has 0 saturated heterocycles. The molecule has 0 spiro atoms. The number of ketones is 1. The van der Waals surface area contributed by atoms with E-state index < -0.39 is 18.1 Å². The number of rotatable bonds is 9. The summed E-state index contributed by atoms with van der Waals surface area (Å²) in [4.78, 5) is 34.6. The van der Waals surface area contributed by atoms with Crippen molar-refractivity contribution in [3.63, 3.8) is 0 Å². The maximum Gasteiger partial charge on any atom is 0.312 e. The van der Waals surface area contributed by atoms with Crippen LogP contribution in [0.3, 0.4) is 0 Å². The fourth-order valence-electron chi connectivity index (χ4n) is 1.87. The van der Waals surface area contributed by atoms with Gasteiger partial charge in [0.05, 0.1) is 6.04 Å². The zero-order chi connectivity index (χ0) is 18.0. The van der Waals surface area contributed by atoms with Crippen LogP contribution in [0.25, 0.3) is 0 Å². The van der Waals surface area contributed by atoms with Crippen LogP contribution < -0.4 is 26.9 Å². The Balaban J connectivity index is 4.64. The highest BCUT2D eigenvalue weighted by Gasteiger charge is 2.26. The summed E-state index contributed by atoms with van der Waals surface area (Å²) in [5.74, 6) is -0.578. The van der Waals surface area contributed by atoms with E-state index in [4.69, 9.17) is 25.9 Å². The molecule has 0 aromatic rings. The molecular weight excluding hydrogens is 317 g/mol. The molecule has 0 aromatic heterocycles. The van der Waals surface area contributed by atoms with Crippen molar-refractivity contribution in [2.75, 3.05) is 6.54 Å². The predicted molar refractivity (Wildman–Crippen MR) is 92.7 cm³/mol. The fourth-order valence-corrected chi connectivity index (χ4v) is 2.00. The van der Waals surface area contributed by atoms with E-state index in [1.54, 1.807) is 0 Å². The van der Waals surface area contributed by atoms with Crippen LogP contribution in [0.5, 0.6) is 0 Å². The topological polar surface area (TPSA) is 125 Å². The highest BCUT2D eigenvalue weighted by molar-refractivity contribution is 7.80. The zero-order valence-electron chi connectivity index (χ0n) is 13.6. The van der Waals surface area contributed by atoms with E-state index >= 15 is 0 Å². The first-order valence-electron chi connectivity index (χ1n) is 7.30. The van der Waals surface area contributed by atoms with Crippen molar-refractivity contribution < 1.29 is 14.4 Å². The van der Waals surface area contributed by atoms with Crippen molar-refractivity contribution in [2.24, 2.45) is 11.7 Å². The molecule has 3 amide bonds. The Morgan fingerprint density at radius 1 is 1.22 bits per heavy atom. The lowest BCUT2D eigenvalue weighted by Crippen LogP contribution is -2.55. The molecule has 128 valence electrons. The van der Waals surface area contributed by atoms with Gasteiger partial charge < -0.3 is 26.9 Å². The first kappa shape index (κ1) is 21.2. The van der Waals surface area contributed by atoms with Gasteiger partial charge in [-0.05, 0) is 37.9 Å². The maximum atomic E-state index is 12.3. The molecular formula is C13H24BN5O3S. The normalized spacial score (nSPS) is 12.9. The second kappa shape index (κ2) is 10.8. The van der Waals surface area contributed by atoms with E-state index in [2.05, 4.69) is 21.2 Å². The molecule has 10 heteroatoms. The molecule has 0 heterocycles. The van der Waals surface area contributed by atoms with Gasteiger partial charge in [0.25, 0.3) is 0 Å². The van der Waals surface area contributed by atoms with Gasteiger partial charge in [0.15, 0.2) is 10.9 Å². The number of amides is 3. The van der Waals surface area contributed by atoms with Crippen molar-refractivity contribution in [1.29, 1.82) is 0 Å². The predicted octanol–water partition coefficient (Wildman–Crippen LogP) is -0.919. The van der Waals surface area contributed by atoms with Gasteiger partial charge in [-0.1, -0.05) is 13.8 Å². The molecule has 0 fully saturated rings. The Kier molecular flexibility index (Phi) is 9.96. The first-order valence-corrected chi connectivity index (χ1v) is 7.71. The zero-order valence-corrected chi connectivity index (χ0v) is 14.5. The van der Waals surface area contributed by atoms with Gasteiger partial charge in [-0.2, -0.15) is 0 Å². The van der Waals surface area contributed by atoms with Gasteiger partial charge >= 0.3 is 6.03 Å². The summed E-state index contributed by atoms with van der Waals surface area (Å²) in [5.41, 5.74) is 4.96. The third-order valence-corrected chi connectivity index (χ3v) is 3.38. The summed E-state index contributed by atoms with van der Waals surface area (Å²) in [7, 11) is 5.19. The minimum absolute atomic E-state index is 0.0644. The average molecular weight is 341 g/mol. The molecule has 0 saturated carbocycles. The van der Waals surface area contributed by atoms with Crippen LogP contribution in [0.2, 0.25) is 0 Å². The molecule has 6 N–H and O–H groups in total. The maximum absolute atomic E-state index is 12.3. The van der Waals surface area contributed by atoms with Crippen LogP contribution in [0.4, 0.5) is 4.79 Å². The second-order valence-corrected chi connectivity index (χ2v) is 5.85. The molecule has 0 bridgehead atoms. The molecule has 0 aliphatic rings. The Morgan fingerprint density at radius 2 is 1.83 bits per heavy atom. The number of carbonyl (C=O) groups is 3. The van der Waals surface area contributed by atoms with Crippen LogP contribution in [0.1, 0.15) is 33.6 Å². The van der Waals surface area contributed by atoms with Crippen molar-refractivity contribution in [1.82, 2.24) is 21.2 Å². The lowest BCUT2D eigenvalue weighted by Gasteiger charge is -2.25. The van der Waals surface area contributed by atoms with E-state index in [-0.39, 0.29) is 22.7 Å². The van der Waals surface area contributed by atoms with Gasteiger partial charge in [-0.25, -0.2) is 4.79 Å². The van der Waals surface area contributed by atoms with Crippen LogP contribution in [-0.2, 0) is 9.59 Å². The number of carbonyl (C=O) groups excluding carboxylic acids is 3. The summed E-state index contributed by atoms with van der Waals surface area (Å²) in [5, 5.41) is 10.3. The third kappa shape index (κ3) is 9.02. The molecule has 0 rings (SSSR count). The summed E-state index contributed by atoms with van der Waals surface area (Å²) >= 11 is 4.90. The summed E-state index contributed by atoms with van der Waals surface area (Å²) in [6.45, 7) is 5.42.